The quantitative estimate of drug-likeness (QED) is 0.533. The van der Waals surface area contributed by atoms with Gasteiger partial charge in [0.05, 0.1) is 5.75 Å². The Labute approximate surface area is 147 Å². The fraction of sp³-hybridized carbons (Fsp3) is 0.833. The van der Waals surface area contributed by atoms with Gasteiger partial charge in [0.1, 0.15) is 12.1 Å². The van der Waals surface area contributed by atoms with Crippen molar-refractivity contribution in [2.75, 3.05) is 19.5 Å². The summed E-state index contributed by atoms with van der Waals surface area (Å²) in [5, 5.41) is 9.07. The van der Waals surface area contributed by atoms with Gasteiger partial charge in [-0.1, -0.05) is 11.8 Å². The summed E-state index contributed by atoms with van der Waals surface area (Å²) in [5.41, 5.74) is 0.00263. The van der Waals surface area contributed by atoms with Gasteiger partial charge in [-0.3, -0.25) is 4.79 Å². The number of ether oxygens (including phenoxy) is 1. The predicted molar refractivity (Wildman–Crippen MR) is 92.9 cm³/mol. The average molecular weight is 350 g/mol. The Balaban J connectivity index is 1.36. The predicted octanol–water partition coefficient (Wildman–Crippen LogP) is 3.19. The van der Waals surface area contributed by atoms with Gasteiger partial charge in [-0.05, 0) is 62.7 Å². The van der Waals surface area contributed by atoms with E-state index >= 15 is 0 Å². The van der Waals surface area contributed by atoms with E-state index in [0.29, 0.717) is 11.5 Å². The first kappa shape index (κ1) is 16.6. The fourth-order valence-corrected chi connectivity index (χ4v) is 6.60. The highest BCUT2D eigenvalue weighted by atomic mass is 32.2. The molecule has 1 aromatic heterocycles. The molecule has 0 amide bonds. The van der Waals surface area contributed by atoms with Crippen molar-refractivity contribution in [3.05, 3.63) is 6.33 Å². The smallest absolute Gasteiger partial charge is 0.191 e. The molecule has 4 saturated carbocycles. The maximum absolute atomic E-state index is 13.1. The molecule has 4 aliphatic carbocycles. The van der Waals surface area contributed by atoms with Crippen molar-refractivity contribution < 1.29 is 9.53 Å². The van der Waals surface area contributed by atoms with Crippen molar-refractivity contribution in [2.45, 2.75) is 56.6 Å². The number of carbonyl (C=O) groups excluding carboxylic acids is 1. The molecule has 0 aliphatic heterocycles. The molecule has 0 radical (unpaired) electrons. The monoisotopic (exact) mass is 349 g/mol. The van der Waals surface area contributed by atoms with E-state index in [9.17, 15) is 4.79 Å². The summed E-state index contributed by atoms with van der Waals surface area (Å²) >= 11 is 1.57. The summed E-state index contributed by atoms with van der Waals surface area (Å²) in [6.07, 6.45) is 10.3. The van der Waals surface area contributed by atoms with E-state index in [1.54, 1.807) is 25.2 Å². The number of methoxy groups -OCH3 is 1. The van der Waals surface area contributed by atoms with Crippen molar-refractivity contribution >= 4 is 17.5 Å². The molecule has 0 unspecified atom stereocenters. The second-order valence-electron chi connectivity index (χ2n) is 8.06. The zero-order chi connectivity index (χ0) is 16.6. The number of ketones is 1. The van der Waals surface area contributed by atoms with E-state index in [0.717, 1.165) is 61.7 Å². The maximum atomic E-state index is 13.1. The highest BCUT2D eigenvalue weighted by Crippen LogP contribution is 2.60. The summed E-state index contributed by atoms with van der Waals surface area (Å²) in [5.74, 6) is 3.49. The molecular weight excluding hydrogens is 322 g/mol. The van der Waals surface area contributed by atoms with Crippen molar-refractivity contribution in [1.29, 1.82) is 0 Å². The number of rotatable bonds is 8. The number of thioether (sulfide) groups is 1. The molecule has 6 heteroatoms. The van der Waals surface area contributed by atoms with Crippen molar-refractivity contribution in [3.63, 3.8) is 0 Å². The summed E-state index contributed by atoms with van der Waals surface area (Å²) in [6, 6.07) is 0. The molecule has 5 nitrogen and oxygen atoms in total. The minimum Gasteiger partial charge on any atom is -0.385 e. The van der Waals surface area contributed by atoms with E-state index in [-0.39, 0.29) is 5.41 Å². The van der Waals surface area contributed by atoms with Crippen LogP contribution in [0.15, 0.2) is 11.5 Å². The summed E-state index contributed by atoms with van der Waals surface area (Å²) in [4.78, 5) is 13.1. The Morgan fingerprint density at radius 3 is 2.58 bits per heavy atom. The van der Waals surface area contributed by atoms with Crippen LogP contribution in [-0.4, -0.2) is 40.0 Å². The SMILES string of the molecule is COCCCn1cnnc1SCC(=O)C12CC3CC(CC(C3)C1)C2. The van der Waals surface area contributed by atoms with Gasteiger partial charge in [-0.15, -0.1) is 10.2 Å². The molecule has 132 valence electrons. The number of carbonyl (C=O) groups is 1. The standard InChI is InChI=1S/C18H27N3O2S/c1-23-4-2-3-21-12-19-20-17(21)24-11-16(22)18-8-13-5-14(9-18)7-15(6-13)10-18/h12-15H,2-11H2,1H3. The van der Waals surface area contributed by atoms with Crippen LogP contribution in [0.3, 0.4) is 0 Å². The minimum absolute atomic E-state index is 0.00263. The Morgan fingerprint density at radius 2 is 1.96 bits per heavy atom. The number of Topliss-reactive ketones (excluding diaryl/α,β-unsaturated/α-hetero) is 1. The first-order valence-electron chi connectivity index (χ1n) is 9.21. The summed E-state index contributed by atoms with van der Waals surface area (Å²) < 4.78 is 7.14. The van der Waals surface area contributed by atoms with Crippen LogP contribution in [-0.2, 0) is 16.1 Å². The van der Waals surface area contributed by atoms with Gasteiger partial charge in [-0.2, -0.15) is 0 Å². The number of hydrogen-bond donors (Lipinski definition) is 0. The van der Waals surface area contributed by atoms with Crippen molar-refractivity contribution in [3.8, 4) is 0 Å². The molecule has 4 bridgehead atoms. The Bertz CT molecular complexity index is 566. The molecule has 0 saturated heterocycles. The third-order valence-corrected chi connectivity index (χ3v) is 7.27. The molecule has 0 atom stereocenters. The van der Waals surface area contributed by atoms with Crippen LogP contribution in [0, 0.1) is 23.2 Å². The molecule has 0 spiro atoms. The summed E-state index contributed by atoms with van der Waals surface area (Å²) in [6.45, 7) is 1.57. The van der Waals surface area contributed by atoms with E-state index in [1.165, 1.54) is 19.3 Å². The van der Waals surface area contributed by atoms with Gasteiger partial charge in [0, 0.05) is 25.7 Å². The third-order valence-electron chi connectivity index (χ3n) is 6.29. The molecule has 4 fully saturated rings. The van der Waals surface area contributed by atoms with Crippen LogP contribution in [0.5, 0.6) is 0 Å². The third kappa shape index (κ3) is 3.15. The maximum Gasteiger partial charge on any atom is 0.191 e. The molecule has 1 aromatic rings. The van der Waals surface area contributed by atoms with Crippen LogP contribution in [0.25, 0.3) is 0 Å². The van der Waals surface area contributed by atoms with E-state index in [4.69, 9.17) is 4.74 Å². The number of hydrogen-bond acceptors (Lipinski definition) is 5. The Kier molecular flexibility index (Phi) is 4.69. The van der Waals surface area contributed by atoms with Crippen LogP contribution in [0.2, 0.25) is 0 Å². The second kappa shape index (κ2) is 6.79. The van der Waals surface area contributed by atoms with Gasteiger partial charge >= 0.3 is 0 Å². The van der Waals surface area contributed by atoms with E-state index in [2.05, 4.69) is 10.2 Å². The van der Waals surface area contributed by atoms with Crippen LogP contribution in [0.1, 0.15) is 44.9 Å². The fourth-order valence-electron chi connectivity index (χ4n) is 5.62. The molecule has 24 heavy (non-hydrogen) atoms. The summed E-state index contributed by atoms with van der Waals surface area (Å²) in [7, 11) is 1.71. The average Bonchev–Trinajstić information content (AvgIpc) is 2.99. The number of aryl methyl sites for hydroxylation is 1. The topological polar surface area (TPSA) is 57.0 Å². The zero-order valence-electron chi connectivity index (χ0n) is 14.4. The molecular formula is C18H27N3O2S. The molecule has 5 rings (SSSR count). The first-order valence-corrected chi connectivity index (χ1v) is 10.2. The lowest BCUT2D eigenvalue weighted by Crippen LogP contribution is -2.50. The van der Waals surface area contributed by atoms with Crippen LogP contribution < -0.4 is 0 Å². The molecule has 0 N–H and O–H groups in total. The van der Waals surface area contributed by atoms with Crippen LogP contribution in [0.4, 0.5) is 0 Å². The van der Waals surface area contributed by atoms with Gasteiger partial charge in [-0.25, -0.2) is 0 Å². The van der Waals surface area contributed by atoms with Gasteiger partial charge in [0.2, 0.25) is 0 Å². The highest BCUT2D eigenvalue weighted by Gasteiger charge is 2.54. The Morgan fingerprint density at radius 1 is 1.29 bits per heavy atom. The lowest BCUT2D eigenvalue weighted by molar-refractivity contribution is -0.141. The van der Waals surface area contributed by atoms with Gasteiger partial charge in [0.15, 0.2) is 5.16 Å². The van der Waals surface area contributed by atoms with Crippen LogP contribution >= 0.6 is 11.8 Å². The normalized spacial score (nSPS) is 34.0. The largest absolute Gasteiger partial charge is 0.385 e. The lowest BCUT2D eigenvalue weighted by Gasteiger charge is -2.56. The first-order chi connectivity index (χ1) is 11.7. The van der Waals surface area contributed by atoms with E-state index < -0.39 is 0 Å². The van der Waals surface area contributed by atoms with Crippen molar-refractivity contribution in [2.24, 2.45) is 23.2 Å². The highest BCUT2D eigenvalue weighted by molar-refractivity contribution is 7.99. The number of aromatic nitrogens is 3. The number of nitrogens with zero attached hydrogens (tertiary/aromatic N) is 3. The Hall–Kier alpha value is -0.880. The van der Waals surface area contributed by atoms with Gasteiger partial charge < -0.3 is 9.30 Å². The minimum atomic E-state index is 0.00263. The lowest BCUT2D eigenvalue weighted by atomic mass is 9.48. The molecule has 0 aromatic carbocycles. The zero-order valence-corrected chi connectivity index (χ0v) is 15.3. The molecule has 4 aliphatic rings. The van der Waals surface area contributed by atoms with Crippen molar-refractivity contribution in [1.82, 2.24) is 14.8 Å². The molecule has 1 heterocycles. The second-order valence-corrected chi connectivity index (χ2v) is 9.01. The van der Waals surface area contributed by atoms with E-state index in [1.807, 2.05) is 4.57 Å². The van der Waals surface area contributed by atoms with Gasteiger partial charge in [0.25, 0.3) is 0 Å².